The Morgan fingerprint density at radius 2 is 1.78 bits per heavy atom. The molecule has 0 unspecified atom stereocenters. The molecule has 27 heavy (non-hydrogen) atoms. The highest BCUT2D eigenvalue weighted by Gasteiger charge is 2.33. The van der Waals surface area contributed by atoms with Crippen molar-refractivity contribution < 1.29 is 41.0 Å². The van der Waals surface area contributed by atoms with E-state index in [1.54, 1.807) is 0 Å². The Bertz CT molecular complexity index is 796. The highest BCUT2D eigenvalue weighted by molar-refractivity contribution is 7.89. The number of hydrogen-bond donors (Lipinski definition) is 1. The summed E-state index contributed by atoms with van der Waals surface area (Å²) in [6.45, 7) is 0.266. The van der Waals surface area contributed by atoms with Gasteiger partial charge in [-0.05, 0) is 37.1 Å². The topological polar surface area (TPSA) is 93.1 Å². The van der Waals surface area contributed by atoms with Crippen LogP contribution in [0.15, 0.2) is 41.0 Å². The van der Waals surface area contributed by atoms with Crippen LogP contribution < -0.4 is 4.74 Å². The summed E-state index contributed by atoms with van der Waals surface area (Å²) >= 11 is 0. The Morgan fingerprint density at radius 1 is 1.22 bits per heavy atom. The first kappa shape index (κ1) is 21.0. The van der Waals surface area contributed by atoms with Gasteiger partial charge >= 0.3 is 12.3 Å². The number of carbonyl (C=O) groups is 1. The number of sulfonamides is 1. The van der Waals surface area contributed by atoms with Gasteiger partial charge < -0.3 is 14.6 Å². The van der Waals surface area contributed by atoms with E-state index in [-0.39, 0.29) is 29.7 Å². The fourth-order valence-corrected chi connectivity index (χ4v) is 4.28. The lowest BCUT2D eigenvalue weighted by Gasteiger charge is -2.31. The Labute approximate surface area is 154 Å². The molecule has 0 spiro atoms. The van der Waals surface area contributed by atoms with Gasteiger partial charge in [-0.15, -0.1) is 13.2 Å². The van der Waals surface area contributed by atoms with Crippen LogP contribution in [-0.4, -0.2) is 50.4 Å². The second-order valence-electron chi connectivity index (χ2n) is 5.79. The molecule has 1 heterocycles. The quantitative estimate of drug-likeness (QED) is 0.574. The number of rotatable bonds is 6. The highest BCUT2D eigenvalue weighted by atomic mass is 32.2. The zero-order chi connectivity index (χ0) is 20.2. The van der Waals surface area contributed by atoms with E-state index in [0.717, 1.165) is 30.3 Å². The van der Waals surface area contributed by atoms with Crippen molar-refractivity contribution in [3.8, 4) is 5.75 Å². The van der Waals surface area contributed by atoms with E-state index in [1.165, 1.54) is 11.4 Å². The third kappa shape index (κ3) is 5.60. The molecule has 0 amide bonds. The molecule has 0 atom stereocenters. The maximum Gasteiger partial charge on any atom is 0.573 e. The van der Waals surface area contributed by atoms with Crippen molar-refractivity contribution in [3.63, 3.8) is 0 Å². The lowest BCUT2D eigenvalue weighted by atomic mass is 9.95. The third-order valence-corrected chi connectivity index (χ3v) is 5.97. The monoisotopic (exact) mass is 409 g/mol. The maximum atomic E-state index is 12.6. The first-order valence-electron chi connectivity index (χ1n) is 7.87. The number of carboxylic acids is 1. The summed E-state index contributed by atoms with van der Waals surface area (Å²) in [6, 6.07) is 3.97. The van der Waals surface area contributed by atoms with E-state index in [4.69, 9.17) is 9.84 Å². The minimum atomic E-state index is -4.86. The number of nitrogens with zero attached hydrogens (tertiary/aromatic N) is 1. The van der Waals surface area contributed by atoms with Gasteiger partial charge in [0.05, 0.1) is 18.1 Å². The number of aliphatic carboxylic acids is 1. The van der Waals surface area contributed by atoms with Crippen LogP contribution in [0.5, 0.6) is 5.75 Å². The van der Waals surface area contributed by atoms with Crippen molar-refractivity contribution in [2.45, 2.75) is 24.1 Å². The zero-order valence-corrected chi connectivity index (χ0v) is 15.1. The molecular weight excluding hydrogens is 391 g/mol. The van der Waals surface area contributed by atoms with Gasteiger partial charge in [0.2, 0.25) is 10.0 Å². The number of piperidine rings is 1. The molecule has 7 nitrogen and oxygen atoms in total. The Balaban J connectivity index is 2.07. The van der Waals surface area contributed by atoms with Crippen LogP contribution in [0.25, 0.3) is 0 Å². The van der Waals surface area contributed by atoms with Crippen molar-refractivity contribution in [2.24, 2.45) is 5.92 Å². The van der Waals surface area contributed by atoms with Crippen LogP contribution in [0.4, 0.5) is 13.2 Å². The predicted octanol–water partition coefficient (Wildman–Crippen LogP) is 2.60. The molecule has 1 aliphatic heterocycles. The Hall–Kier alpha value is -2.27. The van der Waals surface area contributed by atoms with Gasteiger partial charge in [0.25, 0.3) is 0 Å². The number of benzene rings is 1. The largest absolute Gasteiger partial charge is 0.573 e. The molecule has 1 aliphatic rings. The second-order valence-corrected chi connectivity index (χ2v) is 7.72. The van der Waals surface area contributed by atoms with E-state index < -0.39 is 28.1 Å². The van der Waals surface area contributed by atoms with Crippen molar-refractivity contribution in [3.05, 3.63) is 36.1 Å². The number of allylic oxidation sites excluding steroid dienone is 1. The average molecular weight is 409 g/mol. The zero-order valence-electron chi connectivity index (χ0n) is 14.3. The number of carboxylic acid groups (broad SMARTS) is 1. The van der Waals surface area contributed by atoms with Gasteiger partial charge in [0.15, 0.2) is 0 Å². The fraction of sp³-hybridized carbons (Fsp3) is 0.438. The van der Waals surface area contributed by atoms with E-state index in [2.05, 4.69) is 4.74 Å². The molecule has 0 radical (unpaired) electrons. The Morgan fingerprint density at radius 3 is 2.22 bits per heavy atom. The molecule has 150 valence electrons. The van der Waals surface area contributed by atoms with E-state index in [1.807, 2.05) is 0 Å². The number of methoxy groups -OCH3 is 1. The van der Waals surface area contributed by atoms with E-state index in [0.29, 0.717) is 12.8 Å². The lowest BCUT2D eigenvalue weighted by Crippen LogP contribution is -2.39. The molecule has 2 rings (SSSR count). The van der Waals surface area contributed by atoms with Gasteiger partial charge in [-0.3, -0.25) is 0 Å². The molecule has 0 saturated carbocycles. The van der Waals surface area contributed by atoms with Crippen LogP contribution in [0.3, 0.4) is 0 Å². The smallest absolute Gasteiger partial charge is 0.501 e. The van der Waals surface area contributed by atoms with Gasteiger partial charge in [0, 0.05) is 19.0 Å². The molecule has 1 aromatic carbocycles. The van der Waals surface area contributed by atoms with Crippen molar-refractivity contribution in [2.75, 3.05) is 20.2 Å². The minimum absolute atomic E-state index is 0.133. The minimum Gasteiger partial charge on any atom is -0.501 e. The number of hydrogen-bond acceptors (Lipinski definition) is 5. The highest BCUT2D eigenvalue weighted by Crippen LogP contribution is 2.30. The van der Waals surface area contributed by atoms with Crippen molar-refractivity contribution in [1.82, 2.24) is 4.31 Å². The molecule has 0 aromatic heterocycles. The summed E-state index contributed by atoms with van der Waals surface area (Å²) in [5.41, 5.74) is 0. The normalized spacial score (nSPS) is 17.6. The SMILES string of the molecule is COC(=CC(=O)O)C1CCN(S(=O)(=O)c2ccc(OC(F)(F)F)cc2)CC1. The molecular formula is C16H18F3NO6S. The maximum absolute atomic E-state index is 12.6. The second kappa shape index (κ2) is 8.17. The van der Waals surface area contributed by atoms with E-state index >= 15 is 0 Å². The lowest BCUT2D eigenvalue weighted by molar-refractivity contribution is -0.274. The molecule has 1 fully saturated rings. The predicted molar refractivity (Wildman–Crippen MR) is 87.3 cm³/mol. The molecule has 1 saturated heterocycles. The first-order valence-corrected chi connectivity index (χ1v) is 9.31. The number of alkyl halides is 3. The summed E-state index contributed by atoms with van der Waals surface area (Å²) in [7, 11) is -2.53. The number of halogens is 3. The summed E-state index contributed by atoms with van der Waals surface area (Å²) in [5.74, 6) is -1.61. The van der Waals surface area contributed by atoms with Crippen LogP contribution in [0.2, 0.25) is 0 Å². The van der Waals surface area contributed by atoms with Crippen LogP contribution in [0.1, 0.15) is 12.8 Å². The molecule has 0 bridgehead atoms. The van der Waals surface area contributed by atoms with Gasteiger partial charge in [-0.25, -0.2) is 13.2 Å². The van der Waals surface area contributed by atoms with Crippen LogP contribution >= 0.6 is 0 Å². The average Bonchev–Trinajstić information content (AvgIpc) is 2.58. The van der Waals surface area contributed by atoms with Gasteiger partial charge in [0.1, 0.15) is 11.5 Å². The summed E-state index contributed by atoms with van der Waals surface area (Å²) in [6.07, 6.45) is -3.18. The third-order valence-electron chi connectivity index (χ3n) is 4.05. The van der Waals surface area contributed by atoms with Crippen LogP contribution in [0, 0.1) is 5.92 Å². The van der Waals surface area contributed by atoms with Crippen molar-refractivity contribution >= 4 is 16.0 Å². The summed E-state index contributed by atoms with van der Waals surface area (Å²) < 4.78 is 71.8. The van der Waals surface area contributed by atoms with Gasteiger partial charge in [-0.1, -0.05) is 0 Å². The van der Waals surface area contributed by atoms with Gasteiger partial charge in [-0.2, -0.15) is 4.31 Å². The fourth-order valence-electron chi connectivity index (χ4n) is 2.81. The standard InChI is InChI=1S/C16H18F3NO6S/c1-25-14(10-15(21)22)11-6-8-20(9-7-11)27(23,24)13-4-2-12(3-5-13)26-16(17,18)19/h2-5,10-11H,6-9H2,1H3,(H,21,22). The van der Waals surface area contributed by atoms with Crippen LogP contribution in [-0.2, 0) is 19.6 Å². The van der Waals surface area contributed by atoms with E-state index in [9.17, 15) is 26.4 Å². The molecule has 1 N–H and O–H groups in total. The Kier molecular flexibility index (Phi) is 6.37. The molecule has 0 aliphatic carbocycles. The first-order chi connectivity index (χ1) is 12.5. The summed E-state index contributed by atoms with van der Waals surface area (Å²) in [5, 5.41) is 8.83. The van der Waals surface area contributed by atoms with Crippen molar-refractivity contribution in [1.29, 1.82) is 0 Å². The summed E-state index contributed by atoms with van der Waals surface area (Å²) in [4.78, 5) is 10.6. The molecule has 1 aromatic rings. The molecule has 11 heteroatoms. The number of ether oxygens (including phenoxy) is 2.